The number of halogens is 1. The van der Waals surface area contributed by atoms with Crippen molar-refractivity contribution in [1.29, 1.82) is 0 Å². The number of urea groups is 1. The van der Waals surface area contributed by atoms with E-state index in [-0.39, 0.29) is 11.7 Å². The smallest absolute Gasteiger partial charge is 0.323 e. The Labute approximate surface area is 123 Å². The van der Waals surface area contributed by atoms with E-state index in [1.165, 1.54) is 24.3 Å². The molecule has 3 rings (SSSR count). The van der Waals surface area contributed by atoms with Crippen LogP contribution in [0.5, 0.6) is 0 Å². The van der Waals surface area contributed by atoms with Gasteiger partial charge in [0.15, 0.2) is 0 Å². The fourth-order valence-corrected chi connectivity index (χ4v) is 3.36. The van der Waals surface area contributed by atoms with E-state index in [0.29, 0.717) is 24.4 Å². The molecule has 1 aromatic carbocycles. The lowest BCUT2D eigenvalue weighted by atomic mass is 9.75. The van der Waals surface area contributed by atoms with E-state index in [4.69, 9.17) is 0 Å². The van der Waals surface area contributed by atoms with Crippen molar-refractivity contribution in [2.24, 2.45) is 5.92 Å². The largest absolute Gasteiger partial charge is 0.329 e. The first-order valence-corrected chi connectivity index (χ1v) is 7.48. The van der Waals surface area contributed by atoms with Gasteiger partial charge < -0.3 is 5.32 Å². The van der Waals surface area contributed by atoms with Crippen LogP contribution in [0.4, 0.5) is 14.9 Å². The summed E-state index contributed by atoms with van der Waals surface area (Å²) in [5.41, 5.74) is -0.328. The van der Waals surface area contributed by atoms with Crippen LogP contribution in [0.1, 0.15) is 39.0 Å². The highest BCUT2D eigenvalue weighted by atomic mass is 19.1. The van der Waals surface area contributed by atoms with Gasteiger partial charge in [0.2, 0.25) is 0 Å². The molecule has 2 fully saturated rings. The Morgan fingerprint density at radius 1 is 1.24 bits per heavy atom. The minimum absolute atomic E-state index is 0.200. The van der Waals surface area contributed by atoms with E-state index in [1.807, 2.05) is 0 Å². The fraction of sp³-hybridized carbons (Fsp3) is 0.500. The summed E-state index contributed by atoms with van der Waals surface area (Å²) in [5.74, 6) is 0.0535. The van der Waals surface area contributed by atoms with E-state index in [0.717, 1.165) is 24.2 Å². The van der Waals surface area contributed by atoms with E-state index in [9.17, 15) is 14.0 Å². The Bertz CT molecular complexity index is 562. The molecule has 1 heterocycles. The Kier molecular flexibility index (Phi) is 3.43. The molecule has 1 saturated heterocycles. The van der Waals surface area contributed by atoms with Crippen LogP contribution in [-0.2, 0) is 4.79 Å². The van der Waals surface area contributed by atoms with Gasteiger partial charge in [-0.3, -0.25) is 4.79 Å². The number of rotatable bonds is 2. The maximum absolute atomic E-state index is 13.0. The van der Waals surface area contributed by atoms with Crippen molar-refractivity contribution >= 4 is 17.6 Å². The van der Waals surface area contributed by atoms with Crippen molar-refractivity contribution in [2.45, 2.75) is 44.6 Å². The molecule has 0 unspecified atom stereocenters. The molecule has 21 heavy (non-hydrogen) atoms. The van der Waals surface area contributed by atoms with Crippen LogP contribution in [-0.4, -0.2) is 17.5 Å². The quantitative estimate of drug-likeness (QED) is 0.850. The Balaban J connectivity index is 1.84. The third-order valence-corrected chi connectivity index (χ3v) is 4.78. The lowest BCUT2D eigenvalue weighted by Gasteiger charge is -2.34. The molecule has 1 saturated carbocycles. The zero-order valence-corrected chi connectivity index (χ0v) is 12.1. The first kappa shape index (κ1) is 14.0. The second kappa shape index (κ2) is 5.13. The third-order valence-electron chi connectivity index (χ3n) is 4.78. The number of benzene rings is 1. The van der Waals surface area contributed by atoms with Crippen molar-refractivity contribution in [3.63, 3.8) is 0 Å². The van der Waals surface area contributed by atoms with Gasteiger partial charge in [-0.2, -0.15) is 0 Å². The average molecular weight is 290 g/mol. The second-order valence-electron chi connectivity index (χ2n) is 5.98. The highest BCUT2D eigenvalue weighted by molar-refractivity contribution is 6.23. The minimum atomic E-state index is -0.753. The molecule has 1 aliphatic carbocycles. The van der Waals surface area contributed by atoms with Crippen molar-refractivity contribution in [3.05, 3.63) is 30.1 Å². The standard InChI is InChI=1S/C16H19FN2O2/c1-2-11-7-9-16(10-8-11)14(20)19(15(21)18-16)13-5-3-12(17)4-6-13/h3-6,11H,2,7-10H2,1H3,(H,18,21). The average Bonchev–Trinajstić information content (AvgIpc) is 2.72. The van der Waals surface area contributed by atoms with Gasteiger partial charge in [0, 0.05) is 0 Å². The van der Waals surface area contributed by atoms with Gasteiger partial charge in [0.05, 0.1) is 5.69 Å². The monoisotopic (exact) mass is 290 g/mol. The zero-order valence-electron chi connectivity index (χ0n) is 12.1. The molecular weight excluding hydrogens is 271 g/mol. The number of amides is 3. The molecule has 0 bridgehead atoms. The number of carbonyl (C=O) groups is 2. The van der Waals surface area contributed by atoms with E-state index in [1.54, 1.807) is 0 Å². The van der Waals surface area contributed by atoms with Crippen LogP contribution < -0.4 is 10.2 Å². The maximum atomic E-state index is 13.0. The summed E-state index contributed by atoms with van der Waals surface area (Å²) in [6.07, 6.45) is 4.40. The molecule has 1 spiro atoms. The van der Waals surface area contributed by atoms with E-state index in [2.05, 4.69) is 12.2 Å². The molecule has 0 radical (unpaired) electrons. The molecule has 5 heteroatoms. The summed E-state index contributed by atoms with van der Waals surface area (Å²) >= 11 is 0. The number of nitrogens with one attached hydrogen (secondary N) is 1. The van der Waals surface area contributed by atoms with Crippen molar-refractivity contribution < 1.29 is 14.0 Å². The van der Waals surface area contributed by atoms with Crippen LogP contribution in [0, 0.1) is 11.7 Å². The lowest BCUT2D eigenvalue weighted by Crippen LogP contribution is -2.49. The summed E-state index contributed by atoms with van der Waals surface area (Å²) in [6, 6.07) is 5.04. The van der Waals surface area contributed by atoms with Gasteiger partial charge in [-0.25, -0.2) is 14.1 Å². The fourth-order valence-electron chi connectivity index (χ4n) is 3.36. The number of imide groups is 1. The zero-order chi connectivity index (χ0) is 15.0. The topological polar surface area (TPSA) is 49.4 Å². The lowest BCUT2D eigenvalue weighted by molar-refractivity contribution is -0.123. The Morgan fingerprint density at radius 2 is 1.86 bits per heavy atom. The van der Waals surface area contributed by atoms with Crippen molar-refractivity contribution in [2.75, 3.05) is 4.90 Å². The summed E-state index contributed by atoms with van der Waals surface area (Å²) in [5, 5.41) is 2.87. The molecule has 2 aliphatic rings. The molecule has 4 nitrogen and oxygen atoms in total. The van der Waals surface area contributed by atoms with Gasteiger partial charge in [0.25, 0.3) is 5.91 Å². The Morgan fingerprint density at radius 3 is 2.43 bits per heavy atom. The first-order valence-electron chi connectivity index (χ1n) is 7.48. The highest BCUT2D eigenvalue weighted by Gasteiger charge is 2.52. The number of hydrogen-bond donors (Lipinski definition) is 1. The van der Waals surface area contributed by atoms with Gasteiger partial charge in [0.1, 0.15) is 11.4 Å². The predicted octanol–water partition coefficient (Wildman–Crippen LogP) is 3.22. The molecule has 3 amide bonds. The molecule has 1 N–H and O–H groups in total. The van der Waals surface area contributed by atoms with Gasteiger partial charge in [-0.1, -0.05) is 13.3 Å². The van der Waals surface area contributed by atoms with Crippen LogP contribution >= 0.6 is 0 Å². The third kappa shape index (κ3) is 2.30. The van der Waals surface area contributed by atoms with Crippen LogP contribution in [0.25, 0.3) is 0 Å². The predicted molar refractivity (Wildman–Crippen MR) is 77.4 cm³/mol. The van der Waals surface area contributed by atoms with Crippen molar-refractivity contribution in [3.8, 4) is 0 Å². The van der Waals surface area contributed by atoms with E-state index >= 15 is 0 Å². The van der Waals surface area contributed by atoms with Crippen LogP contribution in [0.15, 0.2) is 24.3 Å². The maximum Gasteiger partial charge on any atom is 0.329 e. The Hall–Kier alpha value is -1.91. The number of carbonyl (C=O) groups excluding carboxylic acids is 2. The minimum Gasteiger partial charge on any atom is -0.323 e. The SMILES string of the molecule is CCC1CCC2(CC1)NC(=O)N(c1ccc(F)cc1)C2=O. The number of anilines is 1. The van der Waals surface area contributed by atoms with Gasteiger partial charge in [-0.15, -0.1) is 0 Å². The van der Waals surface area contributed by atoms with Crippen molar-refractivity contribution in [1.82, 2.24) is 5.32 Å². The van der Waals surface area contributed by atoms with Gasteiger partial charge >= 0.3 is 6.03 Å². The molecule has 0 atom stereocenters. The highest BCUT2D eigenvalue weighted by Crippen LogP contribution is 2.38. The summed E-state index contributed by atoms with van der Waals surface area (Å²) in [6.45, 7) is 2.16. The normalized spacial score (nSPS) is 29.0. The van der Waals surface area contributed by atoms with E-state index < -0.39 is 11.6 Å². The molecular formula is C16H19FN2O2. The first-order chi connectivity index (χ1) is 10.1. The second-order valence-corrected chi connectivity index (χ2v) is 5.98. The molecule has 0 aromatic heterocycles. The van der Waals surface area contributed by atoms with Gasteiger partial charge in [-0.05, 0) is 55.9 Å². The number of hydrogen-bond acceptors (Lipinski definition) is 2. The van der Waals surface area contributed by atoms with Crippen LogP contribution in [0.2, 0.25) is 0 Å². The molecule has 1 aromatic rings. The van der Waals surface area contributed by atoms with Crippen LogP contribution in [0.3, 0.4) is 0 Å². The molecule has 112 valence electrons. The number of nitrogens with zero attached hydrogens (tertiary/aromatic N) is 1. The molecule has 1 aliphatic heterocycles. The summed E-state index contributed by atoms with van der Waals surface area (Å²) in [7, 11) is 0. The summed E-state index contributed by atoms with van der Waals surface area (Å²) < 4.78 is 13.0. The summed E-state index contributed by atoms with van der Waals surface area (Å²) in [4.78, 5) is 26.1.